The van der Waals surface area contributed by atoms with Crippen molar-refractivity contribution in [1.82, 2.24) is 4.90 Å². The molecule has 0 spiro atoms. The largest absolute Gasteiger partial charge is 0.480 e. The zero-order valence-electron chi connectivity index (χ0n) is 11.2. The molecule has 0 radical (unpaired) electrons. The molecular weight excluding hydrogens is 310 g/mol. The van der Waals surface area contributed by atoms with Gasteiger partial charge in [-0.05, 0) is 24.5 Å². The highest BCUT2D eigenvalue weighted by Gasteiger charge is 2.37. The summed E-state index contributed by atoms with van der Waals surface area (Å²) in [5.74, 6) is 1.20. The normalized spacial score (nSPS) is 26.7. The molecular formula is C14H13NO4S2. The van der Waals surface area contributed by atoms with Gasteiger partial charge in [-0.1, -0.05) is 30.9 Å². The number of nitrogens with zero attached hydrogens (tertiary/aromatic N) is 1. The number of carboxylic acid groups (broad SMARTS) is 1. The molecule has 3 rings (SSSR count). The van der Waals surface area contributed by atoms with E-state index in [-0.39, 0.29) is 10.2 Å². The summed E-state index contributed by atoms with van der Waals surface area (Å²) in [7, 11) is 0. The van der Waals surface area contributed by atoms with Crippen LogP contribution in [0.5, 0.6) is 0 Å². The van der Waals surface area contributed by atoms with Gasteiger partial charge < -0.3 is 9.52 Å². The summed E-state index contributed by atoms with van der Waals surface area (Å²) < 4.78 is 5.98. The van der Waals surface area contributed by atoms with Crippen molar-refractivity contribution in [3.05, 3.63) is 28.6 Å². The molecule has 1 N–H and O–H groups in total. The number of furan rings is 1. The molecule has 2 heterocycles. The van der Waals surface area contributed by atoms with Crippen LogP contribution in [0.1, 0.15) is 30.8 Å². The summed E-state index contributed by atoms with van der Waals surface area (Å²) in [6.45, 7) is 1.76. The second kappa shape index (κ2) is 5.31. The lowest BCUT2D eigenvalue weighted by atomic mass is 10.3. The van der Waals surface area contributed by atoms with E-state index < -0.39 is 12.5 Å². The van der Waals surface area contributed by atoms with Gasteiger partial charge in [0.15, 0.2) is 0 Å². The molecule has 110 valence electrons. The van der Waals surface area contributed by atoms with Gasteiger partial charge in [0, 0.05) is 12.0 Å². The summed E-state index contributed by atoms with van der Waals surface area (Å²) in [4.78, 5) is 24.3. The van der Waals surface area contributed by atoms with E-state index in [1.807, 2.05) is 12.1 Å². The number of hydrogen-bond donors (Lipinski definition) is 1. The summed E-state index contributed by atoms with van der Waals surface area (Å²) in [5.41, 5.74) is 0. The Morgan fingerprint density at radius 3 is 2.95 bits per heavy atom. The van der Waals surface area contributed by atoms with Gasteiger partial charge >= 0.3 is 5.97 Å². The highest BCUT2D eigenvalue weighted by molar-refractivity contribution is 8.26. The van der Waals surface area contributed by atoms with Gasteiger partial charge in [0.2, 0.25) is 0 Å². The van der Waals surface area contributed by atoms with Crippen molar-refractivity contribution in [2.24, 2.45) is 5.92 Å². The molecule has 2 fully saturated rings. The highest BCUT2D eigenvalue weighted by atomic mass is 32.2. The molecule has 1 amide bonds. The van der Waals surface area contributed by atoms with E-state index in [0.29, 0.717) is 22.5 Å². The summed E-state index contributed by atoms with van der Waals surface area (Å²) in [5, 5.41) is 8.78. The van der Waals surface area contributed by atoms with E-state index in [0.717, 1.165) is 28.8 Å². The number of aliphatic carboxylic acids is 1. The molecule has 21 heavy (non-hydrogen) atoms. The fraction of sp³-hybridized carbons (Fsp3) is 0.357. The minimum Gasteiger partial charge on any atom is -0.480 e. The van der Waals surface area contributed by atoms with Crippen LogP contribution in [-0.2, 0) is 9.59 Å². The number of amides is 1. The molecule has 1 aliphatic carbocycles. The molecule has 2 unspecified atom stereocenters. The topological polar surface area (TPSA) is 70.8 Å². The van der Waals surface area contributed by atoms with Crippen molar-refractivity contribution in [2.45, 2.75) is 19.3 Å². The third-order valence-electron chi connectivity index (χ3n) is 3.56. The Kier molecular flexibility index (Phi) is 3.62. The average Bonchev–Trinajstić information content (AvgIpc) is 2.87. The minimum atomic E-state index is -1.09. The maximum Gasteiger partial charge on any atom is 0.323 e. The van der Waals surface area contributed by atoms with E-state index in [2.05, 4.69) is 6.92 Å². The average molecular weight is 323 g/mol. The van der Waals surface area contributed by atoms with Crippen molar-refractivity contribution in [1.29, 1.82) is 0 Å². The summed E-state index contributed by atoms with van der Waals surface area (Å²) in [6, 6.07) is 3.75. The molecule has 1 aliphatic heterocycles. The number of rotatable bonds is 4. The number of thiocarbonyl (C=S) groups is 1. The number of carbonyl (C=O) groups excluding carboxylic acids is 1. The van der Waals surface area contributed by atoms with Crippen LogP contribution in [0.2, 0.25) is 0 Å². The summed E-state index contributed by atoms with van der Waals surface area (Å²) >= 11 is 6.13. The maximum atomic E-state index is 12.1. The predicted molar refractivity (Wildman–Crippen MR) is 82.7 cm³/mol. The second-order valence-electron chi connectivity index (χ2n) is 5.22. The van der Waals surface area contributed by atoms with E-state index in [4.69, 9.17) is 21.7 Å². The van der Waals surface area contributed by atoms with E-state index in [1.165, 1.54) is 0 Å². The molecule has 0 aromatic carbocycles. The Hall–Kier alpha value is -1.60. The second-order valence-corrected chi connectivity index (χ2v) is 6.90. The third-order valence-corrected chi connectivity index (χ3v) is 4.94. The van der Waals surface area contributed by atoms with Crippen LogP contribution in [0.3, 0.4) is 0 Å². The van der Waals surface area contributed by atoms with Crippen molar-refractivity contribution >= 4 is 46.3 Å². The maximum absolute atomic E-state index is 12.1. The van der Waals surface area contributed by atoms with Gasteiger partial charge in [-0.25, -0.2) is 0 Å². The first-order valence-electron chi connectivity index (χ1n) is 6.52. The van der Waals surface area contributed by atoms with E-state index >= 15 is 0 Å². The molecule has 0 bridgehead atoms. The number of hydrogen-bond acceptors (Lipinski definition) is 5. The highest BCUT2D eigenvalue weighted by Crippen LogP contribution is 2.47. The first kappa shape index (κ1) is 14.3. The van der Waals surface area contributed by atoms with Crippen LogP contribution < -0.4 is 0 Å². The Bertz CT molecular complexity index is 664. The standard InChI is InChI=1S/C14H13NO4S2/c1-7-4-9(7)10-3-2-8(19-10)5-11-13(18)15(6-12(16)17)14(20)21-11/h2-3,5,7,9H,4,6H2,1H3,(H,16,17)/b11-5+. The van der Waals surface area contributed by atoms with Crippen LogP contribution >= 0.6 is 24.0 Å². The monoisotopic (exact) mass is 323 g/mol. The zero-order valence-corrected chi connectivity index (χ0v) is 12.9. The van der Waals surface area contributed by atoms with Crippen LogP contribution in [-0.4, -0.2) is 32.7 Å². The van der Waals surface area contributed by atoms with Gasteiger partial charge in [0.1, 0.15) is 22.4 Å². The molecule has 2 atom stereocenters. The van der Waals surface area contributed by atoms with Crippen LogP contribution in [0.25, 0.3) is 6.08 Å². The Morgan fingerprint density at radius 2 is 2.33 bits per heavy atom. The summed E-state index contributed by atoms with van der Waals surface area (Å²) in [6.07, 6.45) is 2.76. The molecule has 1 aromatic heterocycles. The number of carboxylic acids is 1. The van der Waals surface area contributed by atoms with Crippen LogP contribution in [0.4, 0.5) is 0 Å². The van der Waals surface area contributed by atoms with Gasteiger partial charge in [0.25, 0.3) is 5.91 Å². The third kappa shape index (κ3) is 2.89. The smallest absolute Gasteiger partial charge is 0.323 e. The Balaban J connectivity index is 1.77. The lowest BCUT2D eigenvalue weighted by Crippen LogP contribution is -2.33. The molecule has 5 nitrogen and oxygen atoms in total. The predicted octanol–water partition coefficient (Wildman–Crippen LogP) is 2.69. The van der Waals surface area contributed by atoms with Crippen molar-refractivity contribution < 1.29 is 19.1 Å². The quantitative estimate of drug-likeness (QED) is 0.678. The minimum absolute atomic E-state index is 0.260. The van der Waals surface area contributed by atoms with Gasteiger partial charge in [0.05, 0.1) is 4.91 Å². The zero-order chi connectivity index (χ0) is 15.1. The van der Waals surface area contributed by atoms with Crippen molar-refractivity contribution in [3.8, 4) is 0 Å². The van der Waals surface area contributed by atoms with E-state index in [1.54, 1.807) is 6.08 Å². The lowest BCUT2D eigenvalue weighted by molar-refractivity contribution is -0.140. The number of thioether (sulfide) groups is 1. The Labute approximate surface area is 131 Å². The van der Waals surface area contributed by atoms with Crippen LogP contribution in [0.15, 0.2) is 21.5 Å². The fourth-order valence-electron chi connectivity index (χ4n) is 2.26. The van der Waals surface area contributed by atoms with Crippen molar-refractivity contribution in [3.63, 3.8) is 0 Å². The first-order chi connectivity index (χ1) is 9.95. The Morgan fingerprint density at radius 1 is 1.62 bits per heavy atom. The lowest BCUT2D eigenvalue weighted by Gasteiger charge is -2.09. The molecule has 1 saturated carbocycles. The molecule has 1 aromatic rings. The van der Waals surface area contributed by atoms with Crippen molar-refractivity contribution in [2.75, 3.05) is 6.54 Å². The van der Waals surface area contributed by atoms with Gasteiger partial charge in [-0.2, -0.15) is 0 Å². The fourth-order valence-corrected chi connectivity index (χ4v) is 3.50. The molecule has 1 saturated heterocycles. The molecule has 7 heteroatoms. The first-order valence-corrected chi connectivity index (χ1v) is 7.75. The number of carbonyl (C=O) groups is 2. The van der Waals surface area contributed by atoms with E-state index in [9.17, 15) is 9.59 Å². The van der Waals surface area contributed by atoms with Gasteiger partial charge in [-0.3, -0.25) is 14.5 Å². The SMILES string of the molecule is CC1CC1c1ccc(/C=C2/SC(=S)N(CC(=O)O)C2=O)o1. The van der Waals surface area contributed by atoms with Crippen LogP contribution in [0, 0.1) is 5.92 Å². The molecule has 2 aliphatic rings. The van der Waals surface area contributed by atoms with Gasteiger partial charge in [-0.15, -0.1) is 0 Å².